The Balaban J connectivity index is 2.07. The second kappa shape index (κ2) is 5.84. The number of nitrogens with zero attached hydrogens (tertiary/aromatic N) is 1. The maximum Gasteiger partial charge on any atom is 0.251 e. The number of hydrogen-bond acceptors (Lipinski definition) is 4. The van der Waals surface area contributed by atoms with E-state index in [1.807, 2.05) is 37.4 Å². The molecule has 5 heteroatoms. The van der Waals surface area contributed by atoms with Gasteiger partial charge in [0.25, 0.3) is 5.91 Å². The van der Waals surface area contributed by atoms with Gasteiger partial charge in [-0.25, -0.2) is 4.98 Å². The number of aromatic nitrogens is 1. The van der Waals surface area contributed by atoms with Crippen molar-refractivity contribution in [2.45, 2.75) is 20.4 Å². The number of thiazole rings is 1. The SMILES string of the molecule is CNC(=O)c1ccc(NCc2nc(C)cs2)c(C)c1. The van der Waals surface area contributed by atoms with E-state index in [0.717, 1.165) is 22.0 Å². The van der Waals surface area contributed by atoms with E-state index in [1.54, 1.807) is 18.4 Å². The zero-order valence-corrected chi connectivity index (χ0v) is 12.1. The molecule has 1 aromatic heterocycles. The summed E-state index contributed by atoms with van der Waals surface area (Å²) in [7, 11) is 1.63. The van der Waals surface area contributed by atoms with E-state index in [2.05, 4.69) is 15.6 Å². The van der Waals surface area contributed by atoms with Gasteiger partial charge in [0, 0.05) is 29.4 Å². The highest BCUT2D eigenvalue weighted by Gasteiger charge is 2.06. The number of amides is 1. The molecule has 100 valence electrons. The first kappa shape index (κ1) is 13.5. The Bertz CT molecular complexity index is 592. The van der Waals surface area contributed by atoms with E-state index >= 15 is 0 Å². The Labute approximate surface area is 116 Å². The summed E-state index contributed by atoms with van der Waals surface area (Å²) in [4.78, 5) is 15.9. The van der Waals surface area contributed by atoms with E-state index in [4.69, 9.17) is 0 Å². The third-order valence-electron chi connectivity index (χ3n) is 2.81. The Kier molecular flexibility index (Phi) is 4.16. The second-order valence-corrected chi connectivity index (χ2v) is 5.29. The number of benzene rings is 1. The van der Waals surface area contributed by atoms with Crippen LogP contribution < -0.4 is 10.6 Å². The third kappa shape index (κ3) is 3.32. The van der Waals surface area contributed by atoms with Crippen molar-refractivity contribution < 1.29 is 4.79 Å². The average Bonchev–Trinajstić information content (AvgIpc) is 2.82. The zero-order valence-electron chi connectivity index (χ0n) is 11.3. The van der Waals surface area contributed by atoms with Gasteiger partial charge in [0.1, 0.15) is 5.01 Å². The molecular weight excluding hydrogens is 258 g/mol. The van der Waals surface area contributed by atoms with E-state index in [-0.39, 0.29) is 5.91 Å². The summed E-state index contributed by atoms with van der Waals surface area (Å²) in [6.45, 7) is 4.68. The molecule has 0 aliphatic rings. The van der Waals surface area contributed by atoms with Gasteiger partial charge >= 0.3 is 0 Å². The molecular formula is C14H17N3OS. The number of hydrogen-bond donors (Lipinski definition) is 2. The smallest absolute Gasteiger partial charge is 0.251 e. The lowest BCUT2D eigenvalue weighted by atomic mass is 10.1. The van der Waals surface area contributed by atoms with Crippen molar-refractivity contribution in [2.75, 3.05) is 12.4 Å². The highest BCUT2D eigenvalue weighted by atomic mass is 32.1. The van der Waals surface area contributed by atoms with Crippen LogP contribution in [0.1, 0.15) is 26.6 Å². The van der Waals surface area contributed by atoms with Crippen LogP contribution in [0.5, 0.6) is 0 Å². The van der Waals surface area contributed by atoms with Crippen LogP contribution in [-0.2, 0) is 6.54 Å². The molecule has 19 heavy (non-hydrogen) atoms. The van der Waals surface area contributed by atoms with Gasteiger partial charge in [-0.15, -0.1) is 11.3 Å². The van der Waals surface area contributed by atoms with Crippen LogP contribution in [0.25, 0.3) is 0 Å². The van der Waals surface area contributed by atoms with Crippen LogP contribution in [0, 0.1) is 13.8 Å². The molecule has 0 unspecified atom stereocenters. The maximum atomic E-state index is 11.5. The monoisotopic (exact) mass is 275 g/mol. The predicted molar refractivity (Wildman–Crippen MR) is 78.7 cm³/mol. The molecule has 0 aliphatic heterocycles. The van der Waals surface area contributed by atoms with Crippen molar-refractivity contribution in [3.63, 3.8) is 0 Å². The van der Waals surface area contributed by atoms with Gasteiger partial charge in [-0.3, -0.25) is 4.79 Å². The molecule has 0 spiro atoms. The molecule has 1 aromatic carbocycles. The number of rotatable bonds is 4. The lowest BCUT2D eigenvalue weighted by Crippen LogP contribution is -2.17. The van der Waals surface area contributed by atoms with Crippen molar-refractivity contribution in [2.24, 2.45) is 0 Å². The maximum absolute atomic E-state index is 11.5. The van der Waals surface area contributed by atoms with Crippen LogP contribution in [0.2, 0.25) is 0 Å². The highest BCUT2D eigenvalue weighted by Crippen LogP contribution is 2.18. The summed E-state index contributed by atoms with van der Waals surface area (Å²) in [5.74, 6) is -0.0646. The summed E-state index contributed by atoms with van der Waals surface area (Å²) in [5.41, 5.74) is 3.80. The topological polar surface area (TPSA) is 54.0 Å². The molecule has 0 atom stereocenters. The average molecular weight is 275 g/mol. The van der Waals surface area contributed by atoms with Crippen LogP contribution >= 0.6 is 11.3 Å². The Morgan fingerprint density at radius 1 is 1.37 bits per heavy atom. The van der Waals surface area contributed by atoms with Crippen LogP contribution in [0.4, 0.5) is 5.69 Å². The van der Waals surface area contributed by atoms with E-state index in [9.17, 15) is 4.79 Å². The Morgan fingerprint density at radius 3 is 2.74 bits per heavy atom. The van der Waals surface area contributed by atoms with Crippen molar-refractivity contribution >= 4 is 22.9 Å². The molecule has 4 nitrogen and oxygen atoms in total. The van der Waals surface area contributed by atoms with E-state index in [0.29, 0.717) is 12.1 Å². The number of nitrogens with one attached hydrogen (secondary N) is 2. The van der Waals surface area contributed by atoms with Gasteiger partial charge in [-0.1, -0.05) is 0 Å². The van der Waals surface area contributed by atoms with Gasteiger partial charge in [0.05, 0.1) is 6.54 Å². The summed E-state index contributed by atoms with van der Waals surface area (Å²) in [6.07, 6.45) is 0. The number of aryl methyl sites for hydroxylation is 2. The molecule has 0 radical (unpaired) electrons. The summed E-state index contributed by atoms with van der Waals surface area (Å²) in [5, 5.41) is 9.07. The number of carbonyl (C=O) groups is 1. The highest BCUT2D eigenvalue weighted by molar-refractivity contribution is 7.09. The molecule has 2 aromatic rings. The first-order valence-electron chi connectivity index (χ1n) is 6.07. The fourth-order valence-corrected chi connectivity index (χ4v) is 2.51. The fourth-order valence-electron chi connectivity index (χ4n) is 1.80. The summed E-state index contributed by atoms with van der Waals surface area (Å²) >= 11 is 1.65. The van der Waals surface area contributed by atoms with Gasteiger partial charge in [-0.2, -0.15) is 0 Å². The van der Waals surface area contributed by atoms with Crippen molar-refractivity contribution in [3.05, 3.63) is 45.4 Å². The summed E-state index contributed by atoms with van der Waals surface area (Å²) < 4.78 is 0. The molecule has 1 heterocycles. The molecule has 0 saturated carbocycles. The largest absolute Gasteiger partial charge is 0.378 e. The second-order valence-electron chi connectivity index (χ2n) is 4.35. The van der Waals surface area contributed by atoms with Gasteiger partial charge in [-0.05, 0) is 37.6 Å². The summed E-state index contributed by atoms with van der Waals surface area (Å²) in [6, 6.07) is 5.63. The molecule has 0 aliphatic carbocycles. The minimum absolute atomic E-state index is 0.0646. The fraction of sp³-hybridized carbons (Fsp3) is 0.286. The van der Waals surface area contributed by atoms with Crippen molar-refractivity contribution in [1.29, 1.82) is 0 Å². The normalized spacial score (nSPS) is 10.3. The first-order valence-corrected chi connectivity index (χ1v) is 6.95. The number of carbonyl (C=O) groups excluding carboxylic acids is 1. The third-order valence-corrected chi connectivity index (χ3v) is 3.78. The first-order chi connectivity index (χ1) is 9.10. The molecule has 2 rings (SSSR count). The lowest BCUT2D eigenvalue weighted by molar-refractivity contribution is 0.0963. The minimum Gasteiger partial charge on any atom is -0.378 e. The number of anilines is 1. The molecule has 1 amide bonds. The Morgan fingerprint density at radius 2 is 2.16 bits per heavy atom. The Hall–Kier alpha value is -1.88. The van der Waals surface area contributed by atoms with Gasteiger partial charge in [0.2, 0.25) is 0 Å². The van der Waals surface area contributed by atoms with Crippen LogP contribution in [0.15, 0.2) is 23.6 Å². The van der Waals surface area contributed by atoms with Gasteiger partial charge < -0.3 is 10.6 Å². The molecule has 0 fully saturated rings. The lowest BCUT2D eigenvalue weighted by Gasteiger charge is -2.09. The standard InChI is InChI=1S/C14H17N3OS/c1-9-6-11(14(18)15-3)4-5-12(9)16-7-13-17-10(2)8-19-13/h4-6,8,16H,7H2,1-3H3,(H,15,18). The van der Waals surface area contributed by atoms with Gasteiger partial charge in [0.15, 0.2) is 0 Å². The molecule has 2 N–H and O–H groups in total. The zero-order chi connectivity index (χ0) is 13.8. The van der Waals surface area contributed by atoms with Crippen LogP contribution in [-0.4, -0.2) is 17.9 Å². The molecule has 0 saturated heterocycles. The van der Waals surface area contributed by atoms with E-state index < -0.39 is 0 Å². The predicted octanol–water partition coefficient (Wildman–Crippen LogP) is 2.73. The molecule has 0 bridgehead atoms. The quantitative estimate of drug-likeness (QED) is 0.902. The van der Waals surface area contributed by atoms with Crippen LogP contribution in [0.3, 0.4) is 0 Å². The van der Waals surface area contributed by atoms with Crippen molar-refractivity contribution in [1.82, 2.24) is 10.3 Å². The minimum atomic E-state index is -0.0646. The van der Waals surface area contributed by atoms with Crippen molar-refractivity contribution in [3.8, 4) is 0 Å². The van der Waals surface area contributed by atoms with E-state index in [1.165, 1.54) is 0 Å².